The molecule has 3 aromatic rings. The van der Waals surface area contributed by atoms with Crippen LogP contribution in [-0.2, 0) is 14.9 Å². The molecule has 0 unspecified atom stereocenters. The van der Waals surface area contributed by atoms with Crippen molar-refractivity contribution in [2.45, 2.75) is 4.90 Å². The summed E-state index contributed by atoms with van der Waals surface area (Å²) in [5.74, 6) is -0.0965. The predicted molar refractivity (Wildman–Crippen MR) is 126 cm³/mol. The van der Waals surface area contributed by atoms with Crippen LogP contribution in [0, 0.1) is 11.3 Å². The van der Waals surface area contributed by atoms with Gasteiger partial charge in [-0.1, -0.05) is 41.4 Å². The van der Waals surface area contributed by atoms with Crippen LogP contribution in [0.15, 0.2) is 77.2 Å². The summed E-state index contributed by atoms with van der Waals surface area (Å²) in [6.45, 7) is 0. The van der Waals surface area contributed by atoms with E-state index in [1.807, 2.05) is 6.07 Å². The van der Waals surface area contributed by atoms with E-state index in [0.29, 0.717) is 11.3 Å². The van der Waals surface area contributed by atoms with E-state index >= 15 is 0 Å². The minimum Gasteiger partial charge on any atom is -0.497 e. The van der Waals surface area contributed by atoms with Gasteiger partial charge in [0.2, 0.25) is 0 Å². The van der Waals surface area contributed by atoms with Crippen molar-refractivity contribution in [3.8, 4) is 17.6 Å². The maximum atomic E-state index is 12.5. The van der Waals surface area contributed by atoms with Gasteiger partial charge in [-0.25, -0.2) is 0 Å². The molecule has 0 aliphatic rings. The first-order chi connectivity index (χ1) is 15.7. The van der Waals surface area contributed by atoms with E-state index in [-0.39, 0.29) is 32.0 Å². The summed E-state index contributed by atoms with van der Waals surface area (Å²) in [4.78, 5) is 12.4. The molecule has 0 heterocycles. The number of nitrogens with zero attached hydrogens (tertiary/aromatic N) is 1. The molecule has 0 aromatic heterocycles. The Hall–Kier alpha value is -3.51. The first-order valence-corrected chi connectivity index (χ1v) is 11.5. The summed E-state index contributed by atoms with van der Waals surface area (Å²) in [6, 6.07) is 18.2. The number of amides is 1. The second-order valence-corrected chi connectivity index (χ2v) is 8.84. The molecule has 10 heteroatoms. The largest absolute Gasteiger partial charge is 0.497 e. The SMILES string of the molecule is COc1ccc(S(=O)(=O)Oc2ccc(/C=C(\C#N)C(=O)Nc3cccc(Cl)c3Cl)cc2)cc1. The van der Waals surface area contributed by atoms with Crippen molar-refractivity contribution in [1.29, 1.82) is 5.26 Å². The number of anilines is 1. The Bertz CT molecular complexity index is 1350. The molecule has 7 nitrogen and oxygen atoms in total. The third-order valence-corrected chi connectivity index (χ3v) is 6.39. The van der Waals surface area contributed by atoms with Gasteiger partial charge in [0.1, 0.15) is 28.0 Å². The van der Waals surface area contributed by atoms with Crippen LogP contribution < -0.4 is 14.2 Å². The Morgan fingerprint density at radius 1 is 1.00 bits per heavy atom. The summed E-state index contributed by atoms with van der Waals surface area (Å²) in [6.07, 6.45) is 1.34. The number of benzene rings is 3. The second-order valence-electron chi connectivity index (χ2n) is 6.51. The number of rotatable bonds is 7. The average Bonchev–Trinajstić information content (AvgIpc) is 2.81. The number of methoxy groups -OCH3 is 1. The number of nitriles is 1. The van der Waals surface area contributed by atoms with Gasteiger partial charge in [0, 0.05) is 0 Å². The highest BCUT2D eigenvalue weighted by Gasteiger charge is 2.17. The number of hydrogen-bond acceptors (Lipinski definition) is 6. The van der Waals surface area contributed by atoms with Gasteiger partial charge in [0.25, 0.3) is 5.91 Å². The fourth-order valence-corrected chi connectivity index (χ4v) is 3.92. The summed E-state index contributed by atoms with van der Waals surface area (Å²) in [5.41, 5.74) is 0.557. The van der Waals surface area contributed by atoms with Gasteiger partial charge < -0.3 is 14.2 Å². The molecule has 0 aliphatic carbocycles. The van der Waals surface area contributed by atoms with Crippen molar-refractivity contribution in [2.24, 2.45) is 0 Å². The molecular weight excluding hydrogens is 487 g/mol. The van der Waals surface area contributed by atoms with Gasteiger partial charge in [0.15, 0.2) is 0 Å². The minimum atomic E-state index is -4.05. The number of ether oxygens (including phenoxy) is 1. The lowest BCUT2D eigenvalue weighted by molar-refractivity contribution is -0.112. The van der Waals surface area contributed by atoms with Crippen LogP contribution in [0.5, 0.6) is 11.5 Å². The van der Waals surface area contributed by atoms with E-state index in [2.05, 4.69) is 5.32 Å². The fraction of sp³-hybridized carbons (Fsp3) is 0.0435. The molecule has 1 amide bonds. The summed E-state index contributed by atoms with van der Waals surface area (Å²) >= 11 is 12.0. The minimum absolute atomic E-state index is 0.0320. The lowest BCUT2D eigenvalue weighted by atomic mass is 10.1. The van der Waals surface area contributed by atoms with Crippen molar-refractivity contribution >= 4 is 51.0 Å². The van der Waals surface area contributed by atoms with E-state index in [0.717, 1.165) is 0 Å². The highest BCUT2D eigenvalue weighted by Crippen LogP contribution is 2.30. The number of halogens is 2. The molecule has 3 aromatic carbocycles. The van der Waals surface area contributed by atoms with Crippen molar-refractivity contribution in [2.75, 3.05) is 12.4 Å². The molecule has 0 bridgehead atoms. The normalized spacial score (nSPS) is 11.4. The molecular formula is C23H16Cl2N2O5S. The molecule has 0 spiro atoms. The van der Waals surface area contributed by atoms with Crippen LogP contribution in [0.1, 0.15) is 5.56 Å². The molecule has 3 rings (SSSR count). The van der Waals surface area contributed by atoms with Gasteiger partial charge in [-0.3, -0.25) is 4.79 Å². The van der Waals surface area contributed by atoms with Crippen LogP contribution in [-0.4, -0.2) is 21.4 Å². The molecule has 0 aliphatic heterocycles. The highest BCUT2D eigenvalue weighted by atomic mass is 35.5. The van der Waals surface area contributed by atoms with Crippen molar-refractivity contribution in [3.63, 3.8) is 0 Å². The summed E-state index contributed by atoms with van der Waals surface area (Å²) < 4.78 is 35.0. The Morgan fingerprint density at radius 3 is 2.24 bits per heavy atom. The van der Waals surface area contributed by atoms with Crippen molar-refractivity contribution < 1.29 is 22.1 Å². The zero-order valence-corrected chi connectivity index (χ0v) is 19.4. The van der Waals surface area contributed by atoms with E-state index in [4.69, 9.17) is 32.1 Å². The van der Waals surface area contributed by atoms with Gasteiger partial charge >= 0.3 is 10.1 Å². The quantitative estimate of drug-likeness (QED) is 0.266. The van der Waals surface area contributed by atoms with Crippen molar-refractivity contribution in [3.05, 3.63) is 87.9 Å². The molecule has 0 saturated heterocycles. The van der Waals surface area contributed by atoms with E-state index in [1.165, 1.54) is 61.7 Å². The molecule has 1 N–H and O–H groups in total. The van der Waals surface area contributed by atoms with Gasteiger partial charge in [-0.05, 0) is 60.2 Å². The van der Waals surface area contributed by atoms with E-state index < -0.39 is 16.0 Å². The standard InChI is InChI=1S/C23H16Cl2N2O5S/c1-31-17-9-11-19(12-10-17)33(29,30)32-18-7-5-15(6-8-18)13-16(14-26)23(28)27-21-4-2-3-20(24)22(21)25/h2-13H,1H3,(H,27,28)/b16-13+. The fourth-order valence-electron chi connectivity index (χ4n) is 2.64. The monoisotopic (exact) mass is 502 g/mol. The highest BCUT2D eigenvalue weighted by molar-refractivity contribution is 7.87. The number of carbonyl (C=O) groups is 1. The Morgan fingerprint density at radius 2 is 1.64 bits per heavy atom. The lowest BCUT2D eigenvalue weighted by Crippen LogP contribution is -2.13. The van der Waals surface area contributed by atoms with Crippen LogP contribution in [0.3, 0.4) is 0 Å². The van der Waals surface area contributed by atoms with Crippen LogP contribution in [0.25, 0.3) is 6.08 Å². The van der Waals surface area contributed by atoms with Crippen LogP contribution in [0.4, 0.5) is 5.69 Å². The Labute approximate surface area is 200 Å². The van der Waals surface area contributed by atoms with Crippen LogP contribution >= 0.6 is 23.2 Å². The van der Waals surface area contributed by atoms with E-state index in [9.17, 15) is 18.5 Å². The van der Waals surface area contributed by atoms with E-state index in [1.54, 1.807) is 18.2 Å². The zero-order valence-electron chi connectivity index (χ0n) is 17.1. The smallest absolute Gasteiger partial charge is 0.339 e. The number of carbonyl (C=O) groups excluding carboxylic acids is 1. The molecule has 0 radical (unpaired) electrons. The van der Waals surface area contributed by atoms with Crippen molar-refractivity contribution in [1.82, 2.24) is 0 Å². The number of nitrogens with one attached hydrogen (secondary N) is 1. The van der Waals surface area contributed by atoms with Gasteiger partial charge in [0.05, 0.1) is 22.8 Å². The molecule has 168 valence electrons. The number of hydrogen-bond donors (Lipinski definition) is 1. The predicted octanol–water partition coefficient (Wildman–Crippen LogP) is 5.32. The lowest BCUT2D eigenvalue weighted by Gasteiger charge is -2.08. The summed E-state index contributed by atoms with van der Waals surface area (Å²) in [5, 5.41) is 12.3. The Balaban J connectivity index is 1.74. The first-order valence-electron chi connectivity index (χ1n) is 9.29. The maximum absolute atomic E-state index is 12.5. The Kier molecular flexibility index (Phi) is 7.61. The zero-order chi connectivity index (χ0) is 24.0. The molecule has 0 atom stereocenters. The van der Waals surface area contributed by atoms with Crippen LogP contribution in [0.2, 0.25) is 10.0 Å². The molecule has 33 heavy (non-hydrogen) atoms. The third kappa shape index (κ3) is 6.05. The summed E-state index contributed by atoms with van der Waals surface area (Å²) in [7, 11) is -2.57. The maximum Gasteiger partial charge on any atom is 0.339 e. The third-order valence-electron chi connectivity index (χ3n) is 4.31. The molecule has 0 fully saturated rings. The second kappa shape index (κ2) is 10.4. The first kappa shape index (κ1) is 24.1. The van der Waals surface area contributed by atoms with Gasteiger partial charge in [-0.15, -0.1) is 0 Å². The topological polar surface area (TPSA) is 105 Å². The molecule has 0 saturated carbocycles. The average molecular weight is 503 g/mol. The van der Waals surface area contributed by atoms with Gasteiger partial charge in [-0.2, -0.15) is 13.7 Å².